The number of methoxy groups -OCH3 is 2. The topological polar surface area (TPSA) is 77.7 Å². The van der Waals surface area contributed by atoms with Crippen molar-refractivity contribution in [1.29, 1.82) is 0 Å². The number of ether oxygens (including phenoxy) is 2. The average Bonchev–Trinajstić information content (AvgIpc) is 3.24. The first-order valence-electron chi connectivity index (χ1n) is 6.27. The van der Waals surface area contributed by atoms with Crippen LogP contribution < -0.4 is 10.6 Å². The van der Waals surface area contributed by atoms with E-state index >= 15 is 0 Å². The van der Waals surface area contributed by atoms with Gasteiger partial charge in [-0.3, -0.25) is 0 Å². The van der Waals surface area contributed by atoms with Gasteiger partial charge in [-0.25, -0.2) is 9.78 Å². The number of carbonyl (C=O) groups excluding carboxylic acids is 1. The third-order valence-corrected chi connectivity index (χ3v) is 3.17. The Hall–Kier alpha value is -1.82. The summed E-state index contributed by atoms with van der Waals surface area (Å²) in [7, 11) is 3.00. The van der Waals surface area contributed by atoms with Crippen molar-refractivity contribution in [3.63, 3.8) is 0 Å². The summed E-state index contributed by atoms with van der Waals surface area (Å²) in [4.78, 5) is 18.0. The van der Waals surface area contributed by atoms with E-state index in [9.17, 15) is 4.79 Å². The van der Waals surface area contributed by atoms with E-state index in [0.29, 0.717) is 36.3 Å². The summed E-state index contributed by atoms with van der Waals surface area (Å²) in [6.45, 7) is 1.31. The maximum absolute atomic E-state index is 11.6. The number of nitrogens with zero attached hydrogens (tertiary/aromatic N) is 2. The zero-order chi connectivity index (χ0) is 13.8. The summed E-state index contributed by atoms with van der Waals surface area (Å²) in [5, 5.41) is 0. The molecule has 6 heteroatoms. The minimum absolute atomic E-state index is 0.357. The van der Waals surface area contributed by atoms with E-state index in [1.54, 1.807) is 19.4 Å². The van der Waals surface area contributed by atoms with Gasteiger partial charge in [0.05, 0.1) is 25.0 Å². The van der Waals surface area contributed by atoms with Crippen LogP contribution in [0.4, 0.5) is 11.5 Å². The van der Waals surface area contributed by atoms with E-state index in [2.05, 4.69) is 9.88 Å². The SMILES string of the molecule is COCCN(c1nccc(C(=O)OC)c1N)C1CC1. The van der Waals surface area contributed by atoms with Crippen molar-refractivity contribution in [2.45, 2.75) is 18.9 Å². The molecule has 1 aliphatic rings. The number of nitrogen functional groups attached to an aromatic ring is 1. The standard InChI is InChI=1S/C13H19N3O3/c1-18-8-7-16(9-3-4-9)12-11(14)10(5-6-15-12)13(17)19-2/h5-6,9H,3-4,7-8,14H2,1-2H3. The predicted octanol–water partition coefficient (Wildman–Crippen LogP) is 1.07. The largest absolute Gasteiger partial charge is 0.465 e. The molecule has 0 radical (unpaired) electrons. The number of esters is 1. The highest BCUT2D eigenvalue weighted by molar-refractivity contribution is 5.97. The number of carbonyl (C=O) groups is 1. The molecule has 1 heterocycles. The van der Waals surface area contributed by atoms with Gasteiger partial charge >= 0.3 is 5.97 Å². The van der Waals surface area contributed by atoms with Gasteiger partial charge in [0.25, 0.3) is 0 Å². The lowest BCUT2D eigenvalue weighted by Gasteiger charge is -2.25. The second kappa shape index (κ2) is 5.88. The lowest BCUT2D eigenvalue weighted by atomic mass is 10.2. The molecule has 0 aliphatic heterocycles. The monoisotopic (exact) mass is 265 g/mol. The molecule has 0 unspecified atom stereocenters. The summed E-state index contributed by atoms with van der Waals surface area (Å²) < 4.78 is 9.83. The van der Waals surface area contributed by atoms with Crippen LogP contribution in [-0.2, 0) is 9.47 Å². The van der Waals surface area contributed by atoms with Crippen molar-refractivity contribution in [2.75, 3.05) is 38.0 Å². The first-order chi connectivity index (χ1) is 9.19. The summed E-state index contributed by atoms with van der Waals surface area (Å²) in [6.07, 6.45) is 3.82. The van der Waals surface area contributed by atoms with Crippen molar-refractivity contribution < 1.29 is 14.3 Å². The molecule has 0 amide bonds. The normalized spacial score (nSPS) is 14.2. The van der Waals surface area contributed by atoms with Crippen molar-refractivity contribution in [1.82, 2.24) is 4.98 Å². The van der Waals surface area contributed by atoms with Crippen molar-refractivity contribution >= 4 is 17.5 Å². The first-order valence-corrected chi connectivity index (χ1v) is 6.27. The van der Waals surface area contributed by atoms with E-state index in [-0.39, 0.29) is 0 Å². The Morgan fingerprint density at radius 3 is 2.84 bits per heavy atom. The fraction of sp³-hybridized carbons (Fsp3) is 0.538. The number of aromatic nitrogens is 1. The van der Waals surface area contributed by atoms with Crippen molar-refractivity contribution in [3.05, 3.63) is 17.8 Å². The highest BCUT2D eigenvalue weighted by atomic mass is 16.5. The fourth-order valence-corrected chi connectivity index (χ4v) is 2.02. The Balaban J connectivity index is 2.28. The van der Waals surface area contributed by atoms with Gasteiger partial charge in [0.1, 0.15) is 0 Å². The van der Waals surface area contributed by atoms with E-state index in [4.69, 9.17) is 15.2 Å². The molecule has 0 aromatic carbocycles. The summed E-state index contributed by atoms with van der Waals surface area (Å²) in [5.41, 5.74) is 6.78. The molecule has 0 spiro atoms. The molecular formula is C13H19N3O3. The Labute approximate surface area is 112 Å². The van der Waals surface area contributed by atoms with Gasteiger partial charge in [0.2, 0.25) is 0 Å². The number of hydrogen-bond acceptors (Lipinski definition) is 6. The molecule has 1 aliphatic carbocycles. The first kappa shape index (κ1) is 13.6. The molecular weight excluding hydrogens is 246 g/mol. The predicted molar refractivity (Wildman–Crippen MR) is 72.2 cm³/mol. The second-order valence-corrected chi connectivity index (χ2v) is 4.50. The van der Waals surface area contributed by atoms with Gasteiger partial charge < -0.3 is 20.1 Å². The molecule has 0 saturated heterocycles. The van der Waals surface area contributed by atoms with E-state index in [1.165, 1.54) is 7.11 Å². The van der Waals surface area contributed by atoms with Gasteiger partial charge in [-0.05, 0) is 18.9 Å². The van der Waals surface area contributed by atoms with Gasteiger partial charge in [0, 0.05) is 25.9 Å². The molecule has 6 nitrogen and oxygen atoms in total. The van der Waals surface area contributed by atoms with Crippen LogP contribution in [-0.4, -0.2) is 44.4 Å². The molecule has 2 N–H and O–H groups in total. The maximum Gasteiger partial charge on any atom is 0.340 e. The third kappa shape index (κ3) is 2.96. The van der Waals surface area contributed by atoms with E-state index in [0.717, 1.165) is 12.8 Å². The summed E-state index contributed by atoms with van der Waals surface area (Å²) in [5.74, 6) is 0.200. The Morgan fingerprint density at radius 2 is 2.26 bits per heavy atom. The van der Waals surface area contributed by atoms with Crippen molar-refractivity contribution in [2.24, 2.45) is 0 Å². The fourth-order valence-electron chi connectivity index (χ4n) is 2.02. The molecule has 0 bridgehead atoms. The smallest absolute Gasteiger partial charge is 0.340 e. The van der Waals surface area contributed by atoms with Crippen LogP contribution in [0.2, 0.25) is 0 Å². The lowest BCUT2D eigenvalue weighted by molar-refractivity contribution is 0.0602. The van der Waals surface area contributed by atoms with Crippen LogP contribution in [0.25, 0.3) is 0 Å². The van der Waals surface area contributed by atoms with Crippen molar-refractivity contribution in [3.8, 4) is 0 Å². The minimum atomic E-state index is -0.441. The van der Waals surface area contributed by atoms with Gasteiger partial charge in [-0.1, -0.05) is 0 Å². The van der Waals surface area contributed by atoms with Crippen LogP contribution in [0.5, 0.6) is 0 Å². The highest BCUT2D eigenvalue weighted by Crippen LogP contribution is 2.34. The van der Waals surface area contributed by atoms with Crippen LogP contribution in [0.1, 0.15) is 23.2 Å². The van der Waals surface area contributed by atoms with E-state index < -0.39 is 5.97 Å². The molecule has 2 rings (SSSR count). The zero-order valence-corrected chi connectivity index (χ0v) is 11.3. The molecule has 0 atom stereocenters. The van der Waals surface area contributed by atoms with Gasteiger partial charge in [-0.2, -0.15) is 0 Å². The number of anilines is 2. The molecule has 1 aromatic heterocycles. The number of nitrogens with two attached hydrogens (primary N) is 1. The average molecular weight is 265 g/mol. The number of rotatable bonds is 6. The number of pyridine rings is 1. The molecule has 1 saturated carbocycles. The summed E-state index contributed by atoms with van der Waals surface area (Å²) >= 11 is 0. The Kier molecular flexibility index (Phi) is 4.21. The van der Waals surface area contributed by atoms with Crippen LogP contribution in [0.15, 0.2) is 12.3 Å². The number of hydrogen-bond donors (Lipinski definition) is 1. The molecule has 1 fully saturated rings. The maximum atomic E-state index is 11.6. The van der Waals surface area contributed by atoms with Crippen LogP contribution >= 0.6 is 0 Å². The highest BCUT2D eigenvalue weighted by Gasteiger charge is 2.31. The molecule has 104 valence electrons. The quantitative estimate of drug-likeness (QED) is 0.775. The van der Waals surface area contributed by atoms with Gasteiger partial charge in [0.15, 0.2) is 5.82 Å². The van der Waals surface area contributed by atoms with Gasteiger partial charge in [-0.15, -0.1) is 0 Å². The zero-order valence-electron chi connectivity index (χ0n) is 11.3. The van der Waals surface area contributed by atoms with Crippen LogP contribution in [0.3, 0.4) is 0 Å². The molecule has 19 heavy (non-hydrogen) atoms. The lowest BCUT2D eigenvalue weighted by Crippen LogP contribution is -2.31. The summed E-state index contributed by atoms with van der Waals surface area (Å²) in [6, 6.07) is 2.02. The minimum Gasteiger partial charge on any atom is -0.465 e. The molecule has 1 aromatic rings. The Morgan fingerprint density at radius 1 is 1.53 bits per heavy atom. The Bertz CT molecular complexity index is 460. The second-order valence-electron chi connectivity index (χ2n) is 4.50. The van der Waals surface area contributed by atoms with Crippen LogP contribution in [0, 0.1) is 0 Å². The third-order valence-electron chi connectivity index (χ3n) is 3.17. The van der Waals surface area contributed by atoms with E-state index in [1.807, 2.05) is 0 Å².